The van der Waals surface area contributed by atoms with E-state index in [2.05, 4.69) is 5.32 Å². The van der Waals surface area contributed by atoms with Crippen LogP contribution < -0.4 is 5.32 Å². The zero-order chi connectivity index (χ0) is 17.5. The minimum Gasteiger partial charge on any atom is -0.464 e. The molecule has 2 N–H and O–H groups in total. The van der Waals surface area contributed by atoms with Crippen LogP contribution in [-0.4, -0.2) is 35.6 Å². The summed E-state index contributed by atoms with van der Waals surface area (Å²) in [6, 6.07) is 13.6. The molecule has 24 heavy (non-hydrogen) atoms. The van der Waals surface area contributed by atoms with E-state index in [9.17, 15) is 14.7 Å². The number of benzene rings is 2. The molecule has 0 bridgehead atoms. The zero-order valence-corrected chi connectivity index (χ0v) is 13.9. The summed E-state index contributed by atoms with van der Waals surface area (Å²) in [5.74, 6) is -1.26. The number of halogens is 1. The molecule has 0 aromatic heterocycles. The Morgan fingerprint density at radius 1 is 1.12 bits per heavy atom. The second-order valence-electron chi connectivity index (χ2n) is 5.06. The number of aliphatic hydroxyl groups excluding tert-OH is 1. The molecule has 2 aromatic rings. The number of hydrogen-bond donors (Lipinski definition) is 2. The van der Waals surface area contributed by atoms with Crippen LogP contribution in [0, 0.1) is 0 Å². The van der Waals surface area contributed by atoms with Crippen LogP contribution in [0.15, 0.2) is 54.6 Å². The van der Waals surface area contributed by atoms with Crippen LogP contribution in [-0.2, 0) is 9.53 Å². The molecule has 0 aliphatic heterocycles. The van der Waals surface area contributed by atoms with Crippen molar-refractivity contribution in [2.75, 3.05) is 11.9 Å². The van der Waals surface area contributed by atoms with Crippen LogP contribution in [0.3, 0.4) is 0 Å². The predicted octanol–water partition coefficient (Wildman–Crippen LogP) is 2.93. The Morgan fingerprint density at radius 2 is 1.75 bits per heavy atom. The molecule has 2 aromatic carbocycles. The van der Waals surface area contributed by atoms with Gasteiger partial charge in [0, 0.05) is 16.3 Å². The van der Waals surface area contributed by atoms with Gasteiger partial charge in [0.25, 0.3) is 0 Å². The number of ether oxygens (including phenoxy) is 1. The van der Waals surface area contributed by atoms with Gasteiger partial charge in [-0.1, -0.05) is 41.9 Å². The molecular weight excluding hydrogens is 330 g/mol. The topological polar surface area (TPSA) is 75.6 Å². The Kier molecular flexibility index (Phi) is 6.35. The van der Waals surface area contributed by atoms with Crippen LogP contribution in [0.5, 0.6) is 0 Å². The maximum Gasteiger partial charge on any atom is 0.331 e. The van der Waals surface area contributed by atoms with E-state index in [1.807, 2.05) is 0 Å². The van der Waals surface area contributed by atoms with E-state index < -0.39 is 23.9 Å². The van der Waals surface area contributed by atoms with Crippen molar-refractivity contribution in [3.05, 3.63) is 65.2 Å². The van der Waals surface area contributed by atoms with Gasteiger partial charge < -0.3 is 15.2 Å². The summed E-state index contributed by atoms with van der Waals surface area (Å²) in [5, 5.41) is 13.8. The summed E-state index contributed by atoms with van der Waals surface area (Å²) >= 11 is 5.83. The number of carbonyl (C=O) groups excluding carboxylic acids is 2. The van der Waals surface area contributed by atoms with Gasteiger partial charge in [0.2, 0.25) is 0 Å². The van der Waals surface area contributed by atoms with Crippen LogP contribution in [0.4, 0.5) is 5.69 Å². The number of Topliss-reactive ketones (excluding diaryl/α,β-unsaturated/α-hetero) is 1. The van der Waals surface area contributed by atoms with Crippen molar-refractivity contribution in [1.29, 1.82) is 0 Å². The number of esters is 1. The molecule has 0 saturated carbocycles. The quantitative estimate of drug-likeness (QED) is 0.595. The first-order valence-corrected chi connectivity index (χ1v) is 7.86. The molecule has 0 radical (unpaired) electrons. The summed E-state index contributed by atoms with van der Waals surface area (Å²) < 4.78 is 4.97. The van der Waals surface area contributed by atoms with Crippen molar-refractivity contribution in [3.8, 4) is 0 Å². The van der Waals surface area contributed by atoms with Crippen molar-refractivity contribution in [2.45, 2.75) is 19.1 Å². The molecule has 0 aliphatic rings. The standard InChI is InChI=1S/C18H18ClNO4/c1-2-24-18(23)15(20-14-10-8-13(19)9-11-14)17(22)16(21)12-6-4-3-5-7-12/h3-11,15,17,20,22H,2H2,1H3. The molecule has 2 atom stereocenters. The predicted molar refractivity (Wildman–Crippen MR) is 92.3 cm³/mol. The Morgan fingerprint density at radius 3 is 2.33 bits per heavy atom. The fraction of sp³-hybridized carbons (Fsp3) is 0.222. The van der Waals surface area contributed by atoms with Crippen molar-refractivity contribution >= 4 is 29.0 Å². The number of aliphatic hydroxyl groups is 1. The van der Waals surface area contributed by atoms with Gasteiger partial charge in [-0.25, -0.2) is 4.79 Å². The molecule has 0 fully saturated rings. The second kappa shape index (κ2) is 8.47. The summed E-state index contributed by atoms with van der Waals surface area (Å²) in [6.07, 6.45) is -1.58. The lowest BCUT2D eigenvalue weighted by molar-refractivity contribution is -0.145. The molecule has 2 rings (SSSR count). The van der Waals surface area contributed by atoms with Gasteiger partial charge >= 0.3 is 5.97 Å². The van der Waals surface area contributed by atoms with Crippen LogP contribution in [0.2, 0.25) is 5.02 Å². The summed E-state index contributed by atoms with van der Waals surface area (Å²) in [7, 11) is 0. The zero-order valence-electron chi connectivity index (χ0n) is 13.1. The molecule has 0 amide bonds. The average Bonchev–Trinajstić information content (AvgIpc) is 2.61. The number of ketones is 1. The average molecular weight is 348 g/mol. The van der Waals surface area contributed by atoms with Crippen LogP contribution in [0.25, 0.3) is 0 Å². The van der Waals surface area contributed by atoms with Gasteiger partial charge in [0.15, 0.2) is 11.8 Å². The molecule has 126 valence electrons. The first kappa shape index (κ1) is 18.0. The van der Waals surface area contributed by atoms with E-state index in [1.54, 1.807) is 61.5 Å². The summed E-state index contributed by atoms with van der Waals surface area (Å²) in [6.45, 7) is 1.80. The molecule has 6 heteroatoms. The van der Waals surface area contributed by atoms with Gasteiger partial charge in [-0.2, -0.15) is 0 Å². The van der Waals surface area contributed by atoms with Crippen molar-refractivity contribution < 1.29 is 19.4 Å². The molecule has 0 saturated heterocycles. The second-order valence-corrected chi connectivity index (χ2v) is 5.49. The highest BCUT2D eigenvalue weighted by molar-refractivity contribution is 6.30. The number of nitrogens with one attached hydrogen (secondary N) is 1. The fourth-order valence-electron chi connectivity index (χ4n) is 2.15. The fourth-order valence-corrected chi connectivity index (χ4v) is 2.28. The Hall–Kier alpha value is -2.37. The van der Waals surface area contributed by atoms with Crippen LogP contribution in [0.1, 0.15) is 17.3 Å². The van der Waals surface area contributed by atoms with E-state index >= 15 is 0 Å². The lowest BCUT2D eigenvalue weighted by Crippen LogP contribution is -2.46. The number of anilines is 1. The van der Waals surface area contributed by atoms with E-state index in [0.29, 0.717) is 16.3 Å². The van der Waals surface area contributed by atoms with Gasteiger partial charge in [0.1, 0.15) is 6.10 Å². The SMILES string of the molecule is CCOC(=O)C(Nc1ccc(Cl)cc1)C(O)C(=O)c1ccccc1. The molecule has 0 heterocycles. The van der Waals surface area contributed by atoms with Gasteiger partial charge in [0.05, 0.1) is 6.61 Å². The van der Waals surface area contributed by atoms with E-state index in [1.165, 1.54) is 0 Å². The van der Waals surface area contributed by atoms with Crippen LogP contribution >= 0.6 is 11.6 Å². The van der Waals surface area contributed by atoms with E-state index in [-0.39, 0.29) is 6.61 Å². The molecular formula is C18H18ClNO4. The van der Waals surface area contributed by atoms with E-state index in [0.717, 1.165) is 0 Å². The number of hydrogen-bond acceptors (Lipinski definition) is 5. The Balaban J connectivity index is 2.23. The third kappa shape index (κ3) is 4.57. The monoisotopic (exact) mass is 347 g/mol. The largest absolute Gasteiger partial charge is 0.464 e. The van der Waals surface area contributed by atoms with E-state index in [4.69, 9.17) is 16.3 Å². The summed E-state index contributed by atoms with van der Waals surface area (Å²) in [5.41, 5.74) is 0.856. The Bertz CT molecular complexity index is 688. The van der Waals surface area contributed by atoms with Gasteiger partial charge in [-0.3, -0.25) is 4.79 Å². The maximum absolute atomic E-state index is 12.4. The molecule has 5 nitrogen and oxygen atoms in total. The minimum absolute atomic E-state index is 0.143. The highest BCUT2D eigenvalue weighted by atomic mass is 35.5. The van der Waals surface area contributed by atoms with Crippen molar-refractivity contribution in [2.24, 2.45) is 0 Å². The molecule has 0 aliphatic carbocycles. The minimum atomic E-state index is -1.58. The number of rotatable bonds is 7. The van der Waals surface area contributed by atoms with Crippen molar-refractivity contribution in [3.63, 3.8) is 0 Å². The third-order valence-electron chi connectivity index (χ3n) is 3.35. The normalized spacial score (nSPS) is 13.0. The van der Waals surface area contributed by atoms with Crippen molar-refractivity contribution in [1.82, 2.24) is 0 Å². The lowest BCUT2D eigenvalue weighted by atomic mass is 10.00. The molecule has 2 unspecified atom stereocenters. The van der Waals surface area contributed by atoms with Gasteiger partial charge in [-0.15, -0.1) is 0 Å². The first-order chi connectivity index (χ1) is 11.5. The maximum atomic E-state index is 12.4. The summed E-state index contributed by atoms with van der Waals surface area (Å²) in [4.78, 5) is 24.6. The third-order valence-corrected chi connectivity index (χ3v) is 3.60. The smallest absolute Gasteiger partial charge is 0.331 e. The first-order valence-electron chi connectivity index (χ1n) is 7.49. The highest BCUT2D eigenvalue weighted by Gasteiger charge is 2.33. The molecule has 0 spiro atoms. The lowest BCUT2D eigenvalue weighted by Gasteiger charge is -2.22. The Labute approximate surface area is 145 Å². The van der Waals surface area contributed by atoms with Gasteiger partial charge in [-0.05, 0) is 31.2 Å². The number of carbonyl (C=O) groups is 2. The highest BCUT2D eigenvalue weighted by Crippen LogP contribution is 2.17.